The Morgan fingerprint density at radius 2 is 2.17 bits per heavy atom. The summed E-state index contributed by atoms with van der Waals surface area (Å²) in [6.07, 6.45) is 0.901. The van der Waals surface area contributed by atoms with Crippen LogP contribution >= 0.6 is 0 Å². The van der Waals surface area contributed by atoms with Crippen LogP contribution in [-0.2, 0) is 11.3 Å². The molecule has 0 unspecified atom stereocenters. The molecule has 2 heterocycles. The van der Waals surface area contributed by atoms with E-state index in [4.69, 9.17) is 4.74 Å². The van der Waals surface area contributed by atoms with Crippen LogP contribution in [0, 0.1) is 5.92 Å². The van der Waals surface area contributed by atoms with Gasteiger partial charge in [-0.2, -0.15) is 0 Å². The molecule has 1 aliphatic rings. The molecule has 18 heavy (non-hydrogen) atoms. The van der Waals surface area contributed by atoms with Crippen LogP contribution in [0.4, 0.5) is 0 Å². The molecule has 5 heteroatoms. The van der Waals surface area contributed by atoms with Crippen molar-refractivity contribution in [3.63, 3.8) is 0 Å². The molecular formula is C13H14N2O3. The molecule has 0 spiro atoms. The second-order valence-electron chi connectivity index (χ2n) is 4.62. The first kappa shape index (κ1) is 11.2. The van der Waals surface area contributed by atoms with E-state index < -0.39 is 0 Å². The summed E-state index contributed by atoms with van der Waals surface area (Å²) in [5.41, 5.74) is 0.0262. The molecule has 1 aromatic heterocycles. The summed E-state index contributed by atoms with van der Waals surface area (Å²) in [6, 6.07) is 7.06. The van der Waals surface area contributed by atoms with Crippen LogP contribution in [0.5, 0.6) is 0 Å². The molecule has 0 radical (unpaired) electrons. The van der Waals surface area contributed by atoms with Crippen molar-refractivity contribution in [1.29, 1.82) is 0 Å². The summed E-state index contributed by atoms with van der Waals surface area (Å²) in [6.45, 7) is 1.77. The Balaban J connectivity index is 2.11. The maximum absolute atomic E-state index is 12.2. The summed E-state index contributed by atoms with van der Waals surface area (Å²) in [5, 5.41) is 0.552. The van der Waals surface area contributed by atoms with Crippen LogP contribution < -0.4 is 11.2 Å². The van der Waals surface area contributed by atoms with Crippen LogP contribution in [0.3, 0.4) is 0 Å². The lowest BCUT2D eigenvalue weighted by molar-refractivity contribution is 0.182. The largest absolute Gasteiger partial charge is 0.381 e. The van der Waals surface area contributed by atoms with Gasteiger partial charge in [0.05, 0.1) is 17.5 Å². The van der Waals surface area contributed by atoms with Crippen molar-refractivity contribution in [2.45, 2.75) is 13.0 Å². The molecule has 94 valence electrons. The van der Waals surface area contributed by atoms with Gasteiger partial charge in [-0.3, -0.25) is 9.36 Å². The van der Waals surface area contributed by atoms with Gasteiger partial charge < -0.3 is 9.72 Å². The second-order valence-corrected chi connectivity index (χ2v) is 4.62. The summed E-state index contributed by atoms with van der Waals surface area (Å²) < 4.78 is 6.55. The Bertz CT molecular complexity index is 680. The number of rotatable bonds is 2. The van der Waals surface area contributed by atoms with E-state index in [0.29, 0.717) is 30.7 Å². The van der Waals surface area contributed by atoms with Crippen molar-refractivity contribution >= 4 is 10.9 Å². The maximum Gasteiger partial charge on any atom is 0.328 e. The van der Waals surface area contributed by atoms with Gasteiger partial charge >= 0.3 is 5.69 Å². The van der Waals surface area contributed by atoms with Gasteiger partial charge in [-0.1, -0.05) is 12.1 Å². The highest BCUT2D eigenvalue weighted by molar-refractivity contribution is 5.76. The number of hydrogen-bond donors (Lipinski definition) is 1. The molecule has 3 rings (SSSR count). The Morgan fingerprint density at radius 1 is 1.33 bits per heavy atom. The third-order valence-electron chi connectivity index (χ3n) is 3.35. The monoisotopic (exact) mass is 246 g/mol. The molecule has 0 saturated carbocycles. The zero-order valence-corrected chi connectivity index (χ0v) is 9.89. The van der Waals surface area contributed by atoms with Gasteiger partial charge in [-0.05, 0) is 18.6 Å². The normalized spacial score (nSPS) is 19.4. The molecule has 1 fully saturated rings. The van der Waals surface area contributed by atoms with E-state index in [1.807, 2.05) is 0 Å². The van der Waals surface area contributed by atoms with Crippen molar-refractivity contribution in [2.75, 3.05) is 13.2 Å². The van der Waals surface area contributed by atoms with Crippen molar-refractivity contribution in [3.05, 3.63) is 45.1 Å². The number of H-pyrrole nitrogens is 1. The SMILES string of the molecule is O=c1[nH]c2ccccc2c(=O)n1C[C@H]1CCOC1. The van der Waals surface area contributed by atoms with Gasteiger partial charge in [-0.15, -0.1) is 0 Å². The minimum atomic E-state index is -0.342. The molecule has 1 aliphatic heterocycles. The zero-order valence-electron chi connectivity index (χ0n) is 9.89. The van der Waals surface area contributed by atoms with E-state index >= 15 is 0 Å². The molecule has 1 N–H and O–H groups in total. The highest BCUT2D eigenvalue weighted by atomic mass is 16.5. The summed E-state index contributed by atoms with van der Waals surface area (Å²) in [5.74, 6) is 0.255. The van der Waals surface area contributed by atoms with Gasteiger partial charge in [0.25, 0.3) is 5.56 Å². The summed E-state index contributed by atoms with van der Waals surface area (Å²) in [7, 11) is 0. The number of nitrogens with zero attached hydrogens (tertiary/aromatic N) is 1. The quantitative estimate of drug-likeness (QED) is 0.849. The average molecular weight is 246 g/mol. The molecule has 1 aromatic carbocycles. The topological polar surface area (TPSA) is 64.1 Å². The molecule has 0 bridgehead atoms. The minimum absolute atomic E-state index is 0.221. The number of para-hydroxylation sites is 1. The molecule has 1 atom stereocenters. The number of hydrogen-bond acceptors (Lipinski definition) is 3. The third-order valence-corrected chi connectivity index (χ3v) is 3.35. The molecular weight excluding hydrogens is 232 g/mol. The van der Waals surface area contributed by atoms with E-state index in [1.165, 1.54) is 4.57 Å². The van der Waals surface area contributed by atoms with Crippen LogP contribution in [-0.4, -0.2) is 22.8 Å². The van der Waals surface area contributed by atoms with Gasteiger partial charge in [0, 0.05) is 19.1 Å². The number of aromatic nitrogens is 2. The summed E-state index contributed by atoms with van der Waals surface area (Å²) in [4.78, 5) is 26.9. The predicted molar refractivity (Wildman–Crippen MR) is 67.8 cm³/mol. The van der Waals surface area contributed by atoms with Gasteiger partial charge in [-0.25, -0.2) is 4.79 Å². The lowest BCUT2D eigenvalue weighted by atomic mass is 10.1. The van der Waals surface area contributed by atoms with Crippen molar-refractivity contribution in [3.8, 4) is 0 Å². The second kappa shape index (κ2) is 4.42. The van der Waals surface area contributed by atoms with E-state index in [1.54, 1.807) is 24.3 Å². The van der Waals surface area contributed by atoms with Crippen LogP contribution in [0.15, 0.2) is 33.9 Å². The molecule has 0 amide bonds. The van der Waals surface area contributed by atoms with Crippen LogP contribution in [0.1, 0.15) is 6.42 Å². The van der Waals surface area contributed by atoms with E-state index in [-0.39, 0.29) is 17.2 Å². The van der Waals surface area contributed by atoms with Crippen molar-refractivity contribution < 1.29 is 4.74 Å². The van der Waals surface area contributed by atoms with E-state index in [9.17, 15) is 9.59 Å². The molecule has 2 aromatic rings. The average Bonchev–Trinajstić information content (AvgIpc) is 2.87. The number of ether oxygens (including phenoxy) is 1. The fourth-order valence-electron chi connectivity index (χ4n) is 2.35. The number of aromatic amines is 1. The lowest BCUT2D eigenvalue weighted by Crippen LogP contribution is -2.37. The minimum Gasteiger partial charge on any atom is -0.381 e. The third kappa shape index (κ3) is 1.86. The van der Waals surface area contributed by atoms with Gasteiger partial charge in [0.1, 0.15) is 0 Å². The van der Waals surface area contributed by atoms with E-state index in [0.717, 1.165) is 6.42 Å². The number of benzene rings is 1. The first-order valence-corrected chi connectivity index (χ1v) is 6.05. The highest BCUT2D eigenvalue weighted by Crippen LogP contribution is 2.13. The lowest BCUT2D eigenvalue weighted by Gasteiger charge is -2.10. The Morgan fingerprint density at radius 3 is 2.94 bits per heavy atom. The zero-order chi connectivity index (χ0) is 12.5. The van der Waals surface area contributed by atoms with Crippen molar-refractivity contribution in [1.82, 2.24) is 9.55 Å². The maximum atomic E-state index is 12.2. The van der Waals surface area contributed by atoms with Gasteiger partial charge in [0.15, 0.2) is 0 Å². The first-order valence-electron chi connectivity index (χ1n) is 6.05. The first-order chi connectivity index (χ1) is 8.75. The van der Waals surface area contributed by atoms with Crippen LogP contribution in [0.25, 0.3) is 10.9 Å². The Labute approximate surface area is 103 Å². The highest BCUT2D eigenvalue weighted by Gasteiger charge is 2.18. The number of nitrogens with one attached hydrogen (secondary N) is 1. The Hall–Kier alpha value is -1.88. The van der Waals surface area contributed by atoms with Gasteiger partial charge in [0.2, 0.25) is 0 Å². The molecule has 0 aliphatic carbocycles. The molecule has 1 saturated heterocycles. The Kier molecular flexibility index (Phi) is 2.76. The standard InChI is InChI=1S/C13H14N2O3/c16-12-10-3-1-2-4-11(10)14-13(17)15(12)7-9-5-6-18-8-9/h1-4,9H,5-8H2,(H,14,17)/t9-/m1/s1. The van der Waals surface area contributed by atoms with Crippen LogP contribution in [0.2, 0.25) is 0 Å². The smallest absolute Gasteiger partial charge is 0.328 e. The fourth-order valence-corrected chi connectivity index (χ4v) is 2.35. The predicted octanol–water partition coefficient (Wildman–Crippen LogP) is 0.726. The van der Waals surface area contributed by atoms with Crippen molar-refractivity contribution in [2.24, 2.45) is 5.92 Å². The fraction of sp³-hybridized carbons (Fsp3) is 0.385. The van der Waals surface area contributed by atoms with E-state index in [2.05, 4.69) is 4.98 Å². The molecule has 5 nitrogen and oxygen atoms in total. The number of fused-ring (bicyclic) bond motifs is 1. The summed E-state index contributed by atoms with van der Waals surface area (Å²) >= 11 is 0.